The van der Waals surface area contributed by atoms with Crippen LogP contribution in [0.2, 0.25) is 0 Å². The lowest BCUT2D eigenvalue weighted by atomic mass is 9.98. The normalized spacial score (nSPS) is 17.9. The lowest BCUT2D eigenvalue weighted by Crippen LogP contribution is -2.19. The molecule has 0 bridgehead atoms. The minimum absolute atomic E-state index is 0.810. The number of allylic oxidation sites excluding steroid dienone is 1. The smallest absolute Gasteiger partial charge is 0.0587 e. The summed E-state index contributed by atoms with van der Waals surface area (Å²) in [6.07, 6.45) is 12.2. The van der Waals surface area contributed by atoms with Crippen molar-refractivity contribution in [2.24, 2.45) is 5.92 Å². The van der Waals surface area contributed by atoms with Gasteiger partial charge in [-0.1, -0.05) is 37.3 Å². The predicted octanol–water partition coefficient (Wildman–Crippen LogP) is 3.53. The Morgan fingerprint density at radius 3 is 2.76 bits per heavy atom. The lowest BCUT2D eigenvalue weighted by molar-refractivity contribution is 0.199. The maximum absolute atomic E-state index is 4.99. The van der Waals surface area contributed by atoms with E-state index in [0.29, 0.717) is 0 Å². The highest BCUT2D eigenvalue weighted by atomic mass is 16.5. The van der Waals surface area contributed by atoms with Crippen LogP contribution in [-0.4, -0.2) is 26.8 Å². The quantitative estimate of drug-likeness (QED) is 0.491. The molecular formula is C15H29NO. The third-order valence-corrected chi connectivity index (χ3v) is 3.72. The van der Waals surface area contributed by atoms with Crippen LogP contribution in [0, 0.1) is 5.92 Å². The molecule has 1 aliphatic carbocycles. The van der Waals surface area contributed by atoms with E-state index in [-0.39, 0.29) is 0 Å². The summed E-state index contributed by atoms with van der Waals surface area (Å²) in [5, 5.41) is 3.37. The monoisotopic (exact) mass is 239 g/mol. The van der Waals surface area contributed by atoms with Crippen molar-refractivity contribution in [3.8, 4) is 0 Å². The van der Waals surface area contributed by atoms with Crippen LogP contribution in [-0.2, 0) is 4.74 Å². The van der Waals surface area contributed by atoms with Gasteiger partial charge in [0.15, 0.2) is 0 Å². The number of nitrogens with one attached hydrogen (secondary N) is 1. The van der Waals surface area contributed by atoms with E-state index in [4.69, 9.17) is 4.74 Å². The molecule has 0 unspecified atom stereocenters. The van der Waals surface area contributed by atoms with Gasteiger partial charge in [0, 0.05) is 13.7 Å². The van der Waals surface area contributed by atoms with Crippen LogP contribution >= 0.6 is 0 Å². The van der Waals surface area contributed by atoms with E-state index < -0.39 is 0 Å². The minimum atomic E-state index is 0.810. The Morgan fingerprint density at radius 2 is 2.06 bits per heavy atom. The number of hydrogen-bond donors (Lipinski definition) is 1. The first-order valence-corrected chi connectivity index (χ1v) is 7.18. The van der Waals surface area contributed by atoms with Crippen molar-refractivity contribution < 1.29 is 4.74 Å². The van der Waals surface area contributed by atoms with E-state index in [1.807, 2.05) is 0 Å². The van der Waals surface area contributed by atoms with Gasteiger partial charge in [-0.05, 0) is 38.6 Å². The molecule has 0 atom stereocenters. The standard InChI is InChI=1S/C15H29NO/c1-14(6-5-11-16-12-13-17-2)9-10-15-7-3-4-8-15/h6,15-16H,3-5,7-13H2,1-2H3/b14-6-. The molecule has 2 heteroatoms. The van der Waals surface area contributed by atoms with Crippen LogP contribution < -0.4 is 5.32 Å². The molecule has 0 aromatic carbocycles. The average Bonchev–Trinajstić information content (AvgIpc) is 2.84. The van der Waals surface area contributed by atoms with Gasteiger partial charge in [-0.2, -0.15) is 0 Å². The van der Waals surface area contributed by atoms with Crippen molar-refractivity contribution in [1.82, 2.24) is 5.32 Å². The number of ether oxygens (including phenoxy) is 1. The largest absolute Gasteiger partial charge is 0.383 e. The van der Waals surface area contributed by atoms with Crippen LogP contribution in [0.15, 0.2) is 11.6 Å². The van der Waals surface area contributed by atoms with Crippen LogP contribution in [0.1, 0.15) is 51.9 Å². The van der Waals surface area contributed by atoms with Gasteiger partial charge in [0.2, 0.25) is 0 Å². The molecule has 1 saturated carbocycles. The molecule has 100 valence electrons. The molecule has 17 heavy (non-hydrogen) atoms. The topological polar surface area (TPSA) is 21.3 Å². The number of hydrogen-bond acceptors (Lipinski definition) is 2. The maximum Gasteiger partial charge on any atom is 0.0587 e. The second-order valence-corrected chi connectivity index (χ2v) is 5.27. The molecule has 0 heterocycles. The maximum atomic E-state index is 4.99. The zero-order valence-corrected chi connectivity index (χ0v) is 11.6. The van der Waals surface area contributed by atoms with Gasteiger partial charge in [0.25, 0.3) is 0 Å². The van der Waals surface area contributed by atoms with E-state index >= 15 is 0 Å². The molecule has 0 spiro atoms. The van der Waals surface area contributed by atoms with E-state index in [9.17, 15) is 0 Å². The van der Waals surface area contributed by atoms with Gasteiger partial charge in [0.05, 0.1) is 6.61 Å². The SMILES string of the molecule is COCCNCC/C=C(/C)CCC1CCCC1. The van der Waals surface area contributed by atoms with Gasteiger partial charge in [-0.15, -0.1) is 0 Å². The highest BCUT2D eigenvalue weighted by Crippen LogP contribution is 2.29. The fraction of sp³-hybridized carbons (Fsp3) is 0.867. The van der Waals surface area contributed by atoms with Crippen LogP contribution in [0.25, 0.3) is 0 Å². The molecule has 0 radical (unpaired) electrons. The van der Waals surface area contributed by atoms with Crippen LogP contribution in [0.3, 0.4) is 0 Å². The highest BCUT2D eigenvalue weighted by molar-refractivity contribution is 4.98. The van der Waals surface area contributed by atoms with E-state index in [0.717, 1.165) is 32.0 Å². The Balaban J connectivity index is 1.96. The molecule has 0 aliphatic heterocycles. The summed E-state index contributed by atoms with van der Waals surface area (Å²) in [6, 6.07) is 0. The molecule has 0 amide bonds. The van der Waals surface area contributed by atoms with Gasteiger partial charge in [-0.25, -0.2) is 0 Å². The second-order valence-electron chi connectivity index (χ2n) is 5.27. The molecular weight excluding hydrogens is 210 g/mol. The zero-order valence-electron chi connectivity index (χ0n) is 11.6. The Labute approximate surface area is 107 Å². The first kappa shape index (κ1) is 14.7. The first-order valence-electron chi connectivity index (χ1n) is 7.18. The van der Waals surface area contributed by atoms with Crippen LogP contribution in [0.5, 0.6) is 0 Å². The summed E-state index contributed by atoms with van der Waals surface area (Å²) in [7, 11) is 1.74. The van der Waals surface area contributed by atoms with E-state index in [1.54, 1.807) is 12.7 Å². The summed E-state index contributed by atoms with van der Waals surface area (Å²) in [5.41, 5.74) is 1.57. The third-order valence-electron chi connectivity index (χ3n) is 3.72. The van der Waals surface area contributed by atoms with E-state index in [1.165, 1.54) is 38.5 Å². The fourth-order valence-electron chi connectivity index (χ4n) is 2.55. The molecule has 1 aliphatic rings. The summed E-state index contributed by atoms with van der Waals surface area (Å²) in [6.45, 7) is 5.13. The summed E-state index contributed by atoms with van der Waals surface area (Å²) in [4.78, 5) is 0. The van der Waals surface area contributed by atoms with Crippen molar-refractivity contribution in [2.45, 2.75) is 51.9 Å². The number of methoxy groups -OCH3 is 1. The molecule has 0 aromatic rings. The van der Waals surface area contributed by atoms with Crippen molar-refractivity contribution in [3.63, 3.8) is 0 Å². The Bertz CT molecular complexity index is 207. The Morgan fingerprint density at radius 1 is 1.29 bits per heavy atom. The third kappa shape index (κ3) is 7.56. The molecule has 1 fully saturated rings. The minimum Gasteiger partial charge on any atom is -0.383 e. The fourth-order valence-corrected chi connectivity index (χ4v) is 2.55. The molecule has 2 nitrogen and oxygen atoms in total. The highest BCUT2D eigenvalue weighted by Gasteiger charge is 2.14. The van der Waals surface area contributed by atoms with Crippen molar-refractivity contribution in [1.29, 1.82) is 0 Å². The lowest BCUT2D eigenvalue weighted by Gasteiger charge is -2.08. The van der Waals surface area contributed by atoms with E-state index in [2.05, 4.69) is 18.3 Å². The predicted molar refractivity (Wildman–Crippen MR) is 74.3 cm³/mol. The zero-order chi connectivity index (χ0) is 12.3. The van der Waals surface area contributed by atoms with Gasteiger partial charge in [0.1, 0.15) is 0 Å². The molecule has 1 rings (SSSR count). The summed E-state index contributed by atoms with van der Waals surface area (Å²) >= 11 is 0. The summed E-state index contributed by atoms with van der Waals surface area (Å²) in [5.74, 6) is 1.03. The molecule has 0 aromatic heterocycles. The Hall–Kier alpha value is -0.340. The van der Waals surface area contributed by atoms with Gasteiger partial charge in [-0.3, -0.25) is 0 Å². The van der Waals surface area contributed by atoms with Gasteiger partial charge >= 0.3 is 0 Å². The average molecular weight is 239 g/mol. The van der Waals surface area contributed by atoms with Crippen LogP contribution in [0.4, 0.5) is 0 Å². The Kier molecular flexibility index (Phi) is 8.37. The summed E-state index contributed by atoms with van der Waals surface area (Å²) < 4.78 is 4.99. The van der Waals surface area contributed by atoms with Crippen molar-refractivity contribution in [3.05, 3.63) is 11.6 Å². The second kappa shape index (κ2) is 9.67. The first-order chi connectivity index (χ1) is 8.33. The van der Waals surface area contributed by atoms with Crippen molar-refractivity contribution >= 4 is 0 Å². The van der Waals surface area contributed by atoms with Gasteiger partial charge < -0.3 is 10.1 Å². The van der Waals surface area contributed by atoms with Crippen molar-refractivity contribution in [2.75, 3.05) is 26.8 Å². The number of rotatable bonds is 9. The molecule has 1 N–H and O–H groups in total. The molecule has 0 saturated heterocycles.